The van der Waals surface area contributed by atoms with Gasteiger partial charge in [0.15, 0.2) is 0 Å². The van der Waals surface area contributed by atoms with Gasteiger partial charge in [-0.05, 0) is 47.5 Å². The largest absolute Gasteiger partial charge is 0.348 e. The van der Waals surface area contributed by atoms with Crippen LogP contribution in [0.3, 0.4) is 0 Å². The molecule has 4 heteroatoms. The lowest BCUT2D eigenvalue weighted by molar-refractivity contribution is 0.145. The smallest absolute Gasteiger partial charge is 0.0925 e. The number of aromatic amines is 1. The fourth-order valence-electron chi connectivity index (χ4n) is 3.27. The maximum Gasteiger partial charge on any atom is 0.0925 e. The van der Waals surface area contributed by atoms with E-state index in [0.717, 1.165) is 30.8 Å². The lowest BCUT2D eigenvalue weighted by Gasteiger charge is -2.46. The van der Waals surface area contributed by atoms with E-state index >= 15 is 0 Å². The minimum Gasteiger partial charge on any atom is -0.348 e. The van der Waals surface area contributed by atoms with Crippen LogP contribution in [0, 0.1) is 6.92 Å². The summed E-state index contributed by atoms with van der Waals surface area (Å²) in [5, 5.41) is 7.36. The number of nitrogens with zero attached hydrogens (tertiary/aromatic N) is 1. The quantitative estimate of drug-likeness (QED) is 0.770. The Morgan fingerprint density at radius 3 is 2.39 bits per heavy atom. The molecule has 0 unspecified atom stereocenters. The van der Waals surface area contributed by atoms with Crippen LogP contribution in [0.5, 0.6) is 0 Å². The van der Waals surface area contributed by atoms with E-state index in [-0.39, 0.29) is 11.1 Å². The molecular formula is C14H26N4. The van der Waals surface area contributed by atoms with Gasteiger partial charge in [0.1, 0.15) is 0 Å². The van der Waals surface area contributed by atoms with Gasteiger partial charge in [-0.25, -0.2) is 4.98 Å². The number of nitrogens with one attached hydrogen (secondary N) is 3. The van der Waals surface area contributed by atoms with Crippen molar-refractivity contribution >= 4 is 0 Å². The highest BCUT2D eigenvalue weighted by atomic mass is 15.1. The fourth-order valence-corrected chi connectivity index (χ4v) is 3.27. The maximum atomic E-state index is 4.34. The topological polar surface area (TPSA) is 52.7 Å². The van der Waals surface area contributed by atoms with Crippen LogP contribution < -0.4 is 10.6 Å². The van der Waals surface area contributed by atoms with E-state index in [4.69, 9.17) is 0 Å². The molecule has 1 aromatic heterocycles. The van der Waals surface area contributed by atoms with Gasteiger partial charge in [-0.15, -0.1) is 0 Å². The van der Waals surface area contributed by atoms with Gasteiger partial charge in [0.25, 0.3) is 0 Å². The Bertz CT molecular complexity index is 390. The van der Waals surface area contributed by atoms with Gasteiger partial charge in [-0.3, -0.25) is 0 Å². The van der Waals surface area contributed by atoms with Gasteiger partial charge in [0.05, 0.1) is 12.0 Å². The first-order valence-corrected chi connectivity index (χ1v) is 6.79. The first kappa shape index (κ1) is 13.6. The molecule has 1 aromatic rings. The van der Waals surface area contributed by atoms with E-state index < -0.39 is 0 Å². The number of aromatic nitrogens is 2. The van der Waals surface area contributed by atoms with E-state index in [1.807, 2.05) is 0 Å². The molecule has 0 aliphatic carbocycles. The predicted octanol–water partition coefficient (Wildman–Crippen LogP) is 2.12. The zero-order valence-corrected chi connectivity index (χ0v) is 12.2. The summed E-state index contributed by atoms with van der Waals surface area (Å²) in [5.74, 6) is 0. The average molecular weight is 250 g/mol. The van der Waals surface area contributed by atoms with Crippen molar-refractivity contribution < 1.29 is 0 Å². The highest BCUT2D eigenvalue weighted by molar-refractivity contribution is 5.09. The van der Waals surface area contributed by atoms with Crippen molar-refractivity contribution in [2.45, 2.75) is 71.1 Å². The van der Waals surface area contributed by atoms with Crippen LogP contribution in [-0.2, 0) is 6.54 Å². The molecule has 2 rings (SSSR count). The molecule has 0 saturated carbocycles. The fraction of sp³-hybridized carbons (Fsp3) is 0.786. The molecule has 0 radical (unpaired) electrons. The van der Waals surface area contributed by atoms with Crippen LogP contribution in [0.25, 0.3) is 0 Å². The summed E-state index contributed by atoms with van der Waals surface area (Å²) >= 11 is 0. The molecule has 0 spiro atoms. The molecule has 2 heterocycles. The minimum absolute atomic E-state index is 0.194. The maximum absolute atomic E-state index is 4.34. The zero-order chi connectivity index (χ0) is 13.4. The Morgan fingerprint density at radius 2 is 1.89 bits per heavy atom. The predicted molar refractivity (Wildman–Crippen MR) is 74.5 cm³/mol. The summed E-state index contributed by atoms with van der Waals surface area (Å²) in [6.07, 6.45) is 4.07. The van der Waals surface area contributed by atoms with Crippen molar-refractivity contribution in [3.05, 3.63) is 17.7 Å². The standard InChI is InChI=1S/C14H26N4/c1-10-12(17-9-16-10)8-15-11-6-13(2,3)18-14(4,5)7-11/h9,11,15,18H,6-8H2,1-5H3,(H,16,17). The van der Waals surface area contributed by atoms with E-state index in [1.54, 1.807) is 6.33 Å². The summed E-state index contributed by atoms with van der Waals surface area (Å²) in [7, 11) is 0. The van der Waals surface area contributed by atoms with E-state index in [2.05, 4.69) is 55.2 Å². The van der Waals surface area contributed by atoms with Gasteiger partial charge >= 0.3 is 0 Å². The zero-order valence-electron chi connectivity index (χ0n) is 12.2. The SMILES string of the molecule is Cc1[nH]cnc1CNC1CC(C)(C)NC(C)(C)C1. The van der Waals surface area contributed by atoms with Crippen LogP contribution >= 0.6 is 0 Å². The molecule has 1 saturated heterocycles. The molecule has 0 atom stereocenters. The van der Waals surface area contributed by atoms with Gasteiger partial charge in [0.2, 0.25) is 0 Å². The molecule has 0 bridgehead atoms. The van der Waals surface area contributed by atoms with Crippen molar-refractivity contribution in [2.75, 3.05) is 0 Å². The summed E-state index contributed by atoms with van der Waals surface area (Å²) < 4.78 is 0. The molecule has 0 amide bonds. The van der Waals surface area contributed by atoms with Gasteiger partial charge in [0, 0.05) is 29.4 Å². The summed E-state index contributed by atoms with van der Waals surface area (Å²) in [6, 6.07) is 0.548. The van der Waals surface area contributed by atoms with Crippen molar-refractivity contribution in [1.82, 2.24) is 20.6 Å². The van der Waals surface area contributed by atoms with E-state index in [9.17, 15) is 0 Å². The minimum atomic E-state index is 0.194. The number of hydrogen-bond acceptors (Lipinski definition) is 3. The number of aryl methyl sites for hydroxylation is 1. The van der Waals surface area contributed by atoms with Gasteiger partial charge < -0.3 is 15.6 Å². The van der Waals surface area contributed by atoms with Gasteiger partial charge in [-0.1, -0.05) is 0 Å². The Balaban J connectivity index is 1.95. The van der Waals surface area contributed by atoms with E-state index in [0.29, 0.717) is 6.04 Å². The Morgan fingerprint density at radius 1 is 1.28 bits per heavy atom. The van der Waals surface area contributed by atoms with E-state index in [1.165, 1.54) is 0 Å². The Kier molecular flexibility index (Phi) is 3.52. The van der Waals surface area contributed by atoms with Crippen molar-refractivity contribution in [1.29, 1.82) is 0 Å². The second-order valence-electron chi connectivity index (χ2n) is 6.85. The van der Waals surface area contributed by atoms with Crippen LogP contribution in [0.2, 0.25) is 0 Å². The number of H-pyrrole nitrogens is 1. The normalized spacial score (nSPS) is 23.2. The highest BCUT2D eigenvalue weighted by Gasteiger charge is 2.37. The highest BCUT2D eigenvalue weighted by Crippen LogP contribution is 2.28. The van der Waals surface area contributed by atoms with Crippen LogP contribution in [-0.4, -0.2) is 27.1 Å². The molecule has 1 fully saturated rings. The summed E-state index contributed by atoms with van der Waals surface area (Å²) in [6.45, 7) is 12.0. The molecule has 18 heavy (non-hydrogen) atoms. The average Bonchev–Trinajstić information content (AvgIpc) is 2.56. The number of piperidine rings is 1. The molecule has 3 N–H and O–H groups in total. The monoisotopic (exact) mass is 250 g/mol. The number of rotatable bonds is 3. The van der Waals surface area contributed by atoms with Crippen molar-refractivity contribution in [2.24, 2.45) is 0 Å². The third-order valence-corrected chi connectivity index (χ3v) is 3.68. The van der Waals surface area contributed by atoms with Crippen molar-refractivity contribution in [3.63, 3.8) is 0 Å². The first-order valence-electron chi connectivity index (χ1n) is 6.79. The molecular weight excluding hydrogens is 224 g/mol. The van der Waals surface area contributed by atoms with Gasteiger partial charge in [-0.2, -0.15) is 0 Å². The van der Waals surface area contributed by atoms with Crippen molar-refractivity contribution in [3.8, 4) is 0 Å². The molecule has 102 valence electrons. The Labute approximate surface area is 110 Å². The first-order chi connectivity index (χ1) is 8.27. The third-order valence-electron chi connectivity index (χ3n) is 3.68. The lowest BCUT2D eigenvalue weighted by Crippen LogP contribution is -2.61. The van der Waals surface area contributed by atoms with Crippen LogP contribution in [0.4, 0.5) is 0 Å². The van der Waals surface area contributed by atoms with Crippen LogP contribution in [0.1, 0.15) is 51.9 Å². The third kappa shape index (κ3) is 3.33. The summed E-state index contributed by atoms with van der Waals surface area (Å²) in [4.78, 5) is 7.46. The number of imidazole rings is 1. The molecule has 4 nitrogen and oxygen atoms in total. The second-order valence-corrected chi connectivity index (χ2v) is 6.85. The second kappa shape index (κ2) is 4.67. The Hall–Kier alpha value is -0.870. The summed E-state index contributed by atoms with van der Waals surface area (Å²) in [5.41, 5.74) is 2.68. The lowest BCUT2D eigenvalue weighted by atomic mass is 9.79. The molecule has 1 aliphatic heterocycles. The molecule has 0 aromatic carbocycles. The number of hydrogen-bond donors (Lipinski definition) is 3. The molecule has 1 aliphatic rings. The van der Waals surface area contributed by atoms with Crippen LogP contribution in [0.15, 0.2) is 6.33 Å².